The number of anilines is 1. The number of hydrogen-bond acceptors (Lipinski definition) is 13. The second-order valence-electron chi connectivity index (χ2n) is 10.4. The fourth-order valence-corrected chi connectivity index (χ4v) is 8.90. The van der Waals surface area contributed by atoms with Crippen molar-refractivity contribution >= 4 is 77.2 Å². The molecule has 7 rings (SSSR count). The Hall–Kier alpha value is -2.17. The van der Waals surface area contributed by atoms with Crippen molar-refractivity contribution in [2.75, 3.05) is 18.9 Å². The maximum atomic E-state index is 13.4. The predicted octanol–water partition coefficient (Wildman–Crippen LogP) is 4.19. The van der Waals surface area contributed by atoms with E-state index in [1.54, 1.807) is 23.2 Å². The van der Waals surface area contributed by atoms with Crippen molar-refractivity contribution < 1.29 is 32.3 Å². The standard InChI is InChI=1S/C23H25ClN8O7P2S2/c1-11-18-12(4-14(18)32-10-30-19-21(25)27-9-29-23(19)32)6-35-41(34,43)39-15-5-17(37-16(15)7-36-40(33,42)38-11)31-3-2-13-20(24)26-8-28-22(13)31/h2-3,8-10,12,14-18H,1,4-7H2,(H,33,42)(H,34,43)(H2,25,27,29)/t12-,14-,15+,16-,17-,18-,40?,41?/m1/s1. The number of nitrogens with two attached hydrogens (primary N) is 1. The number of aromatic nitrogens is 7. The molecule has 6 heterocycles. The highest BCUT2D eigenvalue weighted by molar-refractivity contribution is 8.44. The molecule has 4 aromatic heterocycles. The number of thiol groups is 1. The molecular weight excluding hydrogens is 662 g/mol. The number of hydrogen-bond donors (Lipinski definition) is 3. The second-order valence-corrected chi connectivity index (χ2v) is 16.4. The smallest absolute Gasteiger partial charge is 0.422 e. The van der Waals surface area contributed by atoms with Crippen LogP contribution in [0.5, 0.6) is 0 Å². The van der Waals surface area contributed by atoms with Gasteiger partial charge in [-0.1, -0.05) is 18.2 Å². The molecule has 20 heteroatoms. The summed E-state index contributed by atoms with van der Waals surface area (Å²) in [5, 5.41) is 0.939. The summed E-state index contributed by atoms with van der Waals surface area (Å²) in [6.45, 7) is -3.92. The molecule has 0 spiro atoms. The lowest BCUT2D eigenvalue weighted by Gasteiger charge is -2.45. The first kappa shape index (κ1) is 29.5. The number of halogens is 1. The molecule has 0 radical (unpaired) electrons. The average Bonchev–Trinajstić information content (AvgIpc) is 3.64. The van der Waals surface area contributed by atoms with Gasteiger partial charge < -0.3 is 38.1 Å². The molecule has 43 heavy (non-hydrogen) atoms. The molecule has 1 saturated carbocycles. The van der Waals surface area contributed by atoms with Gasteiger partial charge in [0.25, 0.3) is 0 Å². The first-order valence-corrected chi connectivity index (χ1v) is 18.7. The Balaban J connectivity index is 1.14. The Morgan fingerprint density at radius 2 is 1.88 bits per heavy atom. The molecule has 0 aromatic carbocycles. The van der Waals surface area contributed by atoms with Gasteiger partial charge in [-0.15, -0.1) is 0 Å². The van der Waals surface area contributed by atoms with Crippen LogP contribution in [0.2, 0.25) is 5.15 Å². The van der Waals surface area contributed by atoms with Gasteiger partial charge in [0.1, 0.15) is 47.1 Å². The van der Waals surface area contributed by atoms with Crippen LogP contribution in [0.3, 0.4) is 0 Å². The maximum Gasteiger partial charge on any atom is 0.436 e. The number of nitrogens with zero attached hydrogens (tertiary/aromatic N) is 7. The number of rotatable bonds is 2. The van der Waals surface area contributed by atoms with Crippen LogP contribution in [0.15, 0.2) is 43.6 Å². The van der Waals surface area contributed by atoms with E-state index < -0.39 is 37.9 Å². The third-order valence-corrected chi connectivity index (χ3v) is 11.3. The van der Waals surface area contributed by atoms with Gasteiger partial charge in [-0.3, -0.25) is 4.52 Å². The number of imidazole rings is 1. The molecule has 0 bridgehead atoms. The van der Waals surface area contributed by atoms with Crippen molar-refractivity contribution in [3.8, 4) is 0 Å². The average molecular weight is 687 g/mol. The molecule has 15 nitrogen and oxygen atoms in total. The first-order valence-electron chi connectivity index (χ1n) is 13.1. The normalized spacial score (nSPS) is 35.3. The number of nitrogen functional groups attached to an aromatic ring is 1. The first-order chi connectivity index (χ1) is 20.5. The Morgan fingerprint density at radius 1 is 1.09 bits per heavy atom. The lowest BCUT2D eigenvalue weighted by Crippen LogP contribution is -2.42. The molecule has 4 aromatic rings. The van der Waals surface area contributed by atoms with E-state index in [0.717, 1.165) is 0 Å². The highest BCUT2D eigenvalue weighted by Crippen LogP contribution is 2.61. The van der Waals surface area contributed by atoms with Gasteiger partial charge in [-0.25, -0.2) is 29.5 Å². The van der Waals surface area contributed by atoms with Crippen molar-refractivity contribution in [3.63, 3.8) is 0 Å². The van der Waals surface area contributed by atoms with Crippen LogP contribution in [0, 0.1) is 11.8 Å². The minimum Gasteiger partial charge on any atom is -0.422 e. The van der Waals surface area contributed by atoms with Crippen molar-refractivity contribution in [1.82, 2.24) is 34.1 Å². The second kappa shape index (κ2) is 11.0. The molecule has 0 amide bonds. The summed E-state index contributed by atoms with van der Waals surface area (Å²) in [5.74, 6) is -0.267. The Bertz CT molecular complexity index is 1840. The molecule has 2 saturated heterocycles. The van der Waals surface area contributed by atoms with Crippen molar-refractivity contribution in [2.24, 2.45) is 11.8 Å². The molecule has 1 aliphatic carbocycles. The van der Waals surface area contributed by atoms with Crippen LogP contribution in [-0.2, 0) is 39.2 Å². The zero-order chi connectivity index (χ0) is 30.1. The number of fused-ring (bicyclic) bond motifs is 4. The van der Waals surface area contributed by atoms with E-state index in [4.69, 9.17) is 52.0 Å². The minimum atomic E-state index is -3.98. The highest BCUT2D eigenvalue weighted by Gasteiger charge is 2.49. The summed E-state index contributed by atoms with van der Waals surface area (Å²) in [5.41, 5.74) is 7.49. The Morgan fingerprint density at radius 3 is 2.72 bits per heavy atom. The van der Waals surface area contributed by atoms with E-state index in [2.05, 4.69) is 43.7 Å². The fraction of sp³-hybridized carbons (Fsp3) is 0.435. The lowest BCUT2D eigenvalue weighted by atomic mass is 9.68. The number of ether oxygens (including phenoxy) is 1. The van der Waals surface area contributed by atoms with E-state index >= 15 is 0 Å². The zero-order valence-corrected chi connectivity index (χ0v) is 26.4. The molecule has 228 valence electrons. The molecule has 3 N–H and O–H groups in total. The van der Waals surface area contributed by atoms with Crippen molar-refractivity contribution in [2.45, 2.75) is 37.3 Å². The highest BCUT2D eigenvalue weighted by atomic mass is 35.5. The quantitative estimate of drug-likeness (QED) is 0.155. The van der Waals surface area contributed by atoms with E-state index in [9.17, 15) is 9.46 Å². The largest absolute Gasteiger partial charge is 0.436 e. The maximum absolute atomic E-state index is 13.4. The van der Waals surface area contributed by atoms with Gasteiger partial charge in [0.2, 0.25) is 0 Å². The van der Waals surface area contributed by atoms with Gasteiger partial charge >= 0.3 is 13.5 Å². The molecule has 3 aliphatic rings. The fourth-order valence-electron chi connectivity index (χ4n) is 5.87. The van der Waals surface area contributed by atoms with Crippen molar-refractivity contribution in [1.29, 1.82) is 0 Å². The van der Waals surface area contributed by atoms with Crippen LogP contribution in [0.1, 0.15) is 25.1 Å². The summed E-state index contributed by atoms with van der Waals surface area (Å²) in [6, 6.07) is 1.51. The van der Waals surface area contributed by atoms with Gasteiger partial charge in [0.05, 0.1) is 31.0 Å². The third-order valence-electron chi connectivity index (χ3n) is 7.89. The van der Waals surface area contributed by atoms with Crippen LogP contribution < -0.4 is 5.73 Å². The third kappa shape index (κ3) is 5.50. The van der Waals surface area contributed by atoms with E-state index in [1.807, 2.05) is 4.57 Å². The van der Waals surface area contributed by atoms with E-state index in [0.29, 0.717) is 33.8 Å². The Labute approximate surface area is 259 Å². The summed E-state index contributed by atoms with van der Waals surface area (Å²) < 4.78 is 46.5. The topological polar surface area (TPSA) is 184 Å². The van der Waals surface area contributed by atoms with Gasteiger partial charge in [0.15, 0.2) is 11.5 Å². The SMILES string of the molecule is C=C1OP(=O)(S)OC[C@H]2O[C@@H](n3ccc4c(Cl)ncnc43)C[C@@H]2OP(O)(=S)OC[C@H]2C[C@@H](n3cnc4c(N)ncnc43)[C@H]12. The molecule has 2 unspecified atom stereocenters. The van der Waals surface area contributed by atoms with Gasteiger partial charge in [-0.2, -0.15) is 0 Å². The van der Waals surface area contributed by atoms with Crippen LogP contribution in [-0.4, -0.2) is 64.4 Å². The van der Waals surface area contributed by atoms with E-state index in [-0.39, 0.29) is 43.2 Å². The van der Waals surface area contributed by atoms with Crippen molar-refractivity contribution in [3.05, 3.63) is 48.7 Å². The number of allylic oxidation sites excluding steroid dienone is 1. The van der Waals surface area contributed by atoms with Gasteiger partial charge in [0, 0.05) is 24.6 Å². The molecular formula is C23H25ClN8O7P2S2. The van der Waals surface area contributed by atoms with Gasteiger partial charge in [-0.05, 0) is 42.5 Å². The zero-order valence-electron chi connectivity index (χ0n) is 22.1. The molecule has 8 atom stereocenters. The summed E-state index contributed by atoms with van der Waals surface area (Å²) in [6.07, 6.45) is 4.67. The minimum absolute atomic E-state index is 0.0259. The Kier molecular flexibility index (Phi) is 7.57. The molecule has 2 aliphatic heterocycles. The monoisotopic (exact) mass is 686 g/mol. The predicted molar refractivity (Wildman–Crippen MR) is 162 cm³/mol. The van der Waals surface area contributed by atoms with Crippen LogP contribution in [0.25, 0.3) is 22.2 Å². The summed E-state index contributed by atoms with van der Waals surface area (Å²) in [4.78, 5) is 32.1. The van der Waals surface area contributed by atoms with E-state index in [1.165, 1.54) is 12.7 Å². The summed E-state index contributed by atoms with van der Waals surface area (Å²) in [7, 11) is 0. The van der Waals surface area contributed by atoms with Crippen LogP contribution >= 0.6 is 37.4 Å². The molecule has 3 fully saturated rings. The lowest BCUT2D eigenvalue weighted by molar-refractivity contribution is -0.0370. The van der Waals surface area contributed by atoms with Crippen LogP contribution in [0.4, 0.5) is 5.82 Å². The summed E-state index contributed by atoms with van der Waals surface area (Å²) >= 11 is 15.8.